The molecule has 6 nitrogen and oxygen atoms in total. The van der Waals surface area contributed by atoms with Gasteiger partial charge in [-0.1, -0.05) is 19.1 Å². The van der Waals surface area contributed by atoms with E-state index in [1.54, 1.807) is 18.3 Å². The van der Waals surface area contributed by atoms with Crippen molar-refractivity contribution < 1.29 is 9.53 Å². The molecule has 0 bridgehead atoms. The van der Waals surface area contributed by atoms with Crippen molar-refractivity contribution in [3.8, 4) is 5.88 Å². The summed E-state index contributed by atoms with van der Waals surface area (Å²) in [5.74, 6) is 0.569. The summed E-state index contributed by atoms with van der Waals surface area (Å²) in [6, 6.07) is 9.49. The molecule has 1 saturated heterocycles. The second-order valence-electron chi connectivity index (χ2n) is 6.26. The number of nitrogens with one attached hydrogen (secondary N) is 1. The highest BCUT2D eigenvalue weighted by Crippen LogP contribution is 2.15. The maximum Gasteiger partial charge on any atom is 0.270 e. The SMILES string of the molecule is CCCOc1ccc(CN2CCC(NC(=O)c3ccccn3)C2)cn1. The molecule has 1 N–H and O–H groups in total. The number of carbonyl (C=O) groups is 1. The molecule has 6 heteroatoms. The van der Waals surface area contributed by atoms with E-state index in [9.17, 15) is 4.79 Å². The highest BCUT2D eigenvalue weighted by atomic mass is 16.5. The van der Waals surface area contributed by atoms with Gasteiger partial charge >= 0.3 is 0 Å². The Balaban J connectivity index is 1.47. The van der Waals surface area contributed by atoms with Gasteiger partial charge in [0, 0.05) is 44.1 Å². The minimum atomic E-state index is -0.105. The van der Waals surface area contributed by atoms with Crippen LogP contribution in [0.1, 0.15) is 35.8 Å². The Morgan fingerprint density at radius 1 is 1.32 bits per heavy atom. The van der Waals surface area contributed by atoms with E-state index in [1.807, 2.05) is 18.3 Å². The van der Waals surface area contributed by atoms with E-state index in [4.69, 9.17) is 4.74 Å². The number of hydrogen-bond acceptors (Lipinski definition) is 5. The van der Waals surface area contributed by atoms with Crippen LogP contribution in [-0.4, -0.2) is 46.5 Å². The smallest absolute Gasteiger partial charge is 0.270 e. The Morgan fingerprint density at radius 2 is 2.24 bits per heavy atom. The van der Waals surface area contributed by atoms with Crippen molar-refractivity contribution >= 4 is 5.91 Å². The molecule has 1 fully saturated rings. The molecule has 0 saturated carbocycles. The van der Waals surface area contributed by atoms with E-state index in [0.717, 1.165) is 38.0 Å². The molecule has 3 rings (SSSR count). The molecule has 3 heterocycles. The summed E-state index contributed by atoms with van der Waals surface area (Å²) in [7, 11) is 0. The Labute approximate surface area is 148 Å². The van der Waals surface area contributed by atoms with Gasteiger partial charge in [0.1, 0.15) is 5.69 Å². The van der Waals surface area contributed by atoms with E-state index < -0.39 is 0 Å². The second kappa shape index (κ2) is 8.58. The fraction of sp³-hybridized carbons (Fsp3) is 0.421. The molecule has 1 unspecified atom stereocenters. The maximum atomic E-state index is 12.2. The Bertz CT molecular complexity index is 676. The second-order valence-corrected chi connectivity index (χ2v) is 6.26. The third-order valence-electron chi connectivity index (χ3n) is 4.16. The minimum absolute atomic E-state index is 0.105. The van der Waals surface area contributed by atoms with Crippen molar-refractivity contribution in [1.29, 1.82) is 0 Å². The van der Waals surface area contributed by atoms with Crippen molar-refractivity contribution in [3.05, 3.63) is 54.0 Å². The number of likely N-dealkylation sites (tertiary alicyclic amines) is 1. The van der Waals surface area contributed by atoms with Crippen LogP contribution in [0.3, 0.4) is 0 Å². The number of nitrogens with zero attached hydrogens (tertiary/aromatic N) is 3. The summed E-state index contributed by atoms with van der Waals surface area (Å²) in [5, 5.41) is 3.06. The Kier molecular flexibility index (Phi) is 5.95. The Hall–Kier alpha value is -2.47. The first-order valence-corrected chi connectivity index (χ1v) is 8.76. The van der Waals surface area contributed by atoms with E-state index in [1.165, 1.54) is 0 Å². The number of carbonyl (C=O) groups excluding carboxylic acids is 1. The predicted molar refractivity (Wildman–Crippen MR) is 95.4 cm³/mol. The normalized spacial score (nSPS) is 17.4. The van der Waals surface area contributed by atoms with Crippen molar-refractivity contribution in [3.63, 3.8) is 0 Å². The summed E-state index contributed by atoms with van der Waals surface area (Å²) in [6.45, 7) is 5.39. The number of rotatable bonds is 7. The van der Waals surface area contributed by atoms with E-state index in [2.05, 4.69) is 33.2 Å². The van der Waals surface area contributed by atoms with E-state index >= 15 is 0 Å². The third-order valence-corrected chi connectivity index (χ3v) is 4.16. The molecule has 2 aromatic rings. The van der Waals surface area contributed by atoms with Crippen molar-refractivity contribution in [1.82, 2.24) is 20.2 Å². The van der Waals surface area contributed by atoms with Gasteiger partial charge in [-0.05, 0) is 30.5 Å². The van der Waals surface area contributed by atoms with Crippen LogP contribution in [0.15, 0.2) is 42.7 Å². The summed E-state index contributed by atoms with van der Waals surface area (Å²) < 4.78 is 5.50. The first-order chi connectivity index (χ1) is 12.2. The average molecular weight is 340 g/mol. The highest BCUT2D eigenvalue weighted by molar-refractivity contribution is 5.92. The lowest BCUT2D eigenvalue weighted by molar-refractivity contribution is 0.0932. The molecule has 0 spiro atoms. The summed E-state index contributed by atoms with van der Waals surface area (Å²) in [5.41, 5.74) is 1.62. The molecule has 1 aliphatic rings. The van der Waals surface area contributed by atoms with Gasteiger partial charge in [0.15, 0.2) is 0 Å². The number of amides is 1. The van der Waals surface area contributed by atoms with Crippen LogP contribution < -0.4 is 10.1 Å². The number of ether oxygens (including phenoxy) is 1. The Morgan fingerprint density at radius 3 is 2.96 bits per heavy atom. The first kappa shape index (κ1) is 17.4. The quantitative estimate of drug-likeness (QED) is 0.837. The van der Waals surface area contributed by atoms with Crippen molar-refractivity contribution in [2.24, 2.45) is 0 Å². The van der Waals surface area contributed by atoms with Gasteiger partial charge in [0.2, 0.25) is 5.88 Å². The zero-order valence-electron chi connectivity index (χ0n) is 14.5. The summed E-state index contributed by atoms with van der Waals surface area (Å²) in [6.07, 6.45) is 5.42. The zero-order chi connectivity index (χ0) is 17.5. The van der Waals surface area contributed by atoms with Gasteiger partial charge in [-0.25, -0.2) is 4.98 Å². The van der Waals surface area contributed by atoms with Crippen LogP contribution in [-0.2, 0) is 6.54 Å². The lowest BCUT2D eigenvalue weighted by atomic mass is 10.2. The van der Waals surface area contributed by atoms with Crippen LogP contribution in [0.2, 0.25) is 0 Å². The third kappa shape index (κ3) is 5.00. The predicted octanol–water partition coefficient (Wildman–Crippen LogP) is 2.27. The standard InChI is InChI=1S/C19H24N4O2/c1-2-11-25-18-7-6-15(12-21-18)13-23-10-8-16(14-23)22-19(24)17-5-3-4-9-20-17/h3-7,9,12,16H,2,8,10-11,13-14H2,1H3,(H,22,24). The maximum absolute atomic E-state index is 12.2. The monoisotopic (exact) mass is 340 g/mol. The van der Waals surface area contributed by atoms with Gasteiger partial charge in [0.25, 0.3) is 5.91 Å². The van der Waals surface area contributed by atoms with Crippen molar-refractivity contribution in [2.45, 2.75) is 32.4 Å². The average Bonchev–Trinajstić information content (AvgIpc) is 3.08. The van der Waals surface area contributed by atoms with Crippen LogP contribution >= 0.6 is 0 Å². The van der Waals surface area contributed by atoms with Gasteiger partial charge < -0.3 is 10.1 Å². The molecular formula is C19H24N4O2. The zero-order valence-corrected chi connectivity index (χ0v) is 14.5. The topological polar surface area (TPSA) is 67.3 Å². The van der Waals surface area contributed by atoms with Gasteiger partial charge in [0.05, 0.1) is 6.61 Å². The van der Waals surface area contributed by atoms with Crippen LogP contribution in [0, 0.1) is 0 Å². The lowest BCUT2D eigenvalue weighted by Gasteiger charge is -2.16. The van der Waals surface area contributed by atoms with Gasteiger partial charge in [-0.15, -0.1) is 0 Å². The fourth-order valence-corrected chi connectivity index (χ4v) is 2.91. The van der Waals surface area contributed by atoms with Crippen LogP contribution in [0.25, 0.3) is 0 Å². The molecule has 25 heavy (non-hydrogen) atoms. The molecule has 0 radical (unpaired) electrons. The lowest BCUT2D eigenvalue weighted by Crippen LogP contribution is -2.37. The van der Waals surface area contributed by atoms with E-state index in [0.29, 0.717) is 18.2 Å². The van der Waals surface area contributed by atoms with E-state index in [-0.39, 0.29) is 11.9 Å². The molecule has 1 aliphatic heterocycles. The number of hydrogen-bond donors (Lipinski definition) is 1. The number of pyridine rings is 2. The van der Waals surface area contributed by atoms with Gasteiger partial charge in [-0.3, -0.25) is 14.7 Å². The minimum Gasteiger partial charge on any atom is -0.478 e. The van der Waals surface area contributed by atoms with Gasteiger partial charge in [-0.2, -0.15) is 0 Å². The van der Waals surface area contributed by atoms with Crippen LogP contribution in [0.5, 0.6) is 5.88 Å². The summed E-state index contributed by atoms with van der Waals surface area (Å²) >= 11 is 0. The molecular weight excluding hydrogens is 316 g/mol. The number of aromatic nitrogens is 2. The first-order valence-electron chi connectivity index (χ1n) is 8.76. The molecule has 0 aliphatic carbocycles. The van der Waals surface area contributed by atoms with Crippen molar-refractivity contribution in [2.75, 3.05) is 19.7 Å². The molecule has 132 valence electrons. The summed E-state index contributed by atoms with van der Waals surface area (Å²) in [4.78, 5) is 22.9. The molecule has 0 aromatic carbocycles. The largest absolute Gasteiger partial charge is 0.478 e. The molecule has 1 atom stereocenters. The fourth-order valence-electron chi connectivity index (χ4n) is 2.91. The van der Waals surface area contributed by atoms with Crippen LogP contribution in [0.4, 0.5) is 0 Å². The molecule has 1 amide bonds. The molecule has 2 aromatic heterocycles. The highest BCUT2D eigenvalue weighted by Gasteiger charge is 2.24.